The van der Waals surface area contributed by atoms with Crippen molar-refractivity contribution >= 4 is 11.9 Å². The van der Waals surface area contributed by atoms with Crippen LogP contribution in [0.15, 0.2) is 30.3 Å². The summed E-state index contributed by atoms with van der Waals surface area (Å²) in [5, 5.41) is 2.94. The monoisotopic (exact) mass is 331 g/mol. The van der Waals surface area contributed by atoms with Crippen LogP contribution in [-0.2, 0) is 11.3 Å². The minimum Gasteiger partial charge on any atom is -0.338 e. The van der Waals surface area contributed by atoms with Gasteiger partial charge >= 0.3 is 6.03 Å². The first-order valence-corrected chi connectivity index (χ1v) is 9.00. The number of hydrogen-bond acceptors (Lipinski definition) is 2. The Balaban J connectivity index is 1.82. The number of carbonyl (C=O) groups is 2. The second-order valence-electron chi connectivity index (χ2n) is 6.41. The number of amides is 3. The molecule has 5 nitrogen and oxygen atoms in total. The lowest BCUT2D eigenvalue weighted by Gasteiger charge is -2.39. The molecule has 2 rings (SSSR count). The van der Waals surface area contributed by atoms with Crippen molar-refractivity contribution in [3.8, 4) is 0 Å². The minimum atomic E-state index is -0.405. The first kappa shape index (κ1) is 18.3. The predicted octanol–water partition coefficient (Wildman–Crippen LogP) is 3.01. The largest absolute Gasteiger partial charge is 0.338 e. The molecule has 1 aromatic rings. The van der Waals surface area contributed by atoms with Gasteiger partial charge in [-0.25, -0.2) is 4.79 Å². The summed E-state index contributed by atoms with van der Waals surface area (Å²) in [5.74, 6) is 0.0197. The number of nitrogens with one attached hydrogen (secondary N) is 1. The highest BCUT2D eigenvalue weighted by molar-refractivity contribution is 5.88. The molecule has 1 aliphatic rings. The Kier molecular flexibility index (Phi) is 7.09. The SMILES string of the molecule is CCCCCCNC(=O)N1CCN(Cc2ccccc2)C(=O)[C@H]1C. The van der Waals surface area contributed by atoms with Gasteiger partial charge in [-0.3, -0.25) is 4.79 Å². The Bertz CT molecular complexity index is 533. The van der Waals surface area contributed by atoms with Gasteiger partial charge in [0.15, 0.2) is 0 Å². The van der Waals surface area contributed by atoms with E-state index in [1.807, 2.05) is 42.2 Å². The number of nitrogens with zero attached hydrogens (tertiary/aromatic N) is 2. The van der Waals surface area contributed by atoms with E-state index >= 15 is 0 Å². The quantitative estimate of drug-likeness (QED) is 0.781. The second kappa shape index (κ2) is 9.30. The summed E-state index contributed by atoms with van der Waals surface area (Å²) in [4.78, 5) is 28.4. The molecule has 1 saturated heterocycles. The normalized spacial score (nSPS) is 17.9. The van der Waals surface area contributed by atoms with Gasteiger partial charge in [-0.05, 0) is 18.9 Å². The highest BCUT2D eigenvalue weighted by atomic mass is 16.2. The Morgan fingerprint density at radius 3 is 2.62 bits per heavy atom. The van der Waals surface area contributed by atoms with Crippen molar-refractivity contribution < 1.29 is 9.59 Å². The van der Waals surface area contributed by atoms with Gasteiger partial charge in [0, 0.05) is 26.2 Å². The van der Waals surface area contributed by atoms with E-state index in [0.717, 1.165) is 18.4 Å². The number of carbonyl (C=O) groups excluding carboxylic acids is 2. The van der Waals surface area contributed by atoms with Crippen LogP contribution < -0.4 is 5.32 Å². The van der Waals surface area contributed by atoms with Gasteiger partial charge in [0.1, 0.15) is 6.04 Å². The molecule has 24 heavy (non-hydrogen) atoms. The fourth-order valence-electron chi connectivity index (χ4n) is 3.02. The zero-order chi connectivity index (χ0) is 17.4. The Hall–Kier alpha value is -2.04. The molecule has 1 aliphatic heterocycles. The average molecular weight is 331 g/mol. The maximum atomic E-state index is 12.6. The van der Waals surface area contributed by atoms with Crippen LogP contribution in [0.3, 0.4) is 0 Å². The smallest absolute Gasteiger partial charge is 0.318 e. The fourth-order valence-corrected chi connectivity index (χ4v) is 3.02. The van der Waals surface area contributed by atoms with E-state index in [4.69, 9.17) is 0 Å². The second-order valence-corrected chi connectivity index (χ2v) is 6.41. The average Bonchev–Trinajstić information content (AvgIpc) is 2.60. The Morgan fingerprint density at radius 2 is 1.92 bits per heavy atom. The zero-order valence-electron chi connectivity index (χ0n) is 14.8. The van der Waals surface area contributed by atoms with Crippen LogP contribution in [0.4, 0.5) is 4.79 Å². The summed E-state index contributed by atoms with van der Waals surface area (Å²) in [5.41, 5.74) is 1.12. The third kappa shape index (κ3) is 4.98. The molecule has 1 aromatic carbocycles. The highest BCUT2D eigenvalue weighted by Crippen LogP contribution is 2.14. The fraction of sp³-hybridized carbons (Fsp3) is 0.579. The number of unbranched alkanes of at least 4 members (excludes halogenated alkanes) is 3. The van der Waals surface area contributed by atoms with Crippen molar-refractivity contribution in [1.82, 2.24) is 15.1 Å². The number of benzene rings is 1. The lowest BCUT2D eigenvalue weighted by atomic mass is 10.1. The molecule has 1 N–H and O–H groups in total. The van der Waals surface area contributed by atoms with E-state index in [1.165, 1.54) is 12.8 Å². The summed E-state index contributed by atoms with van der Waals surface area (Å²) in [6.45, 7) is 6.44. The van der Waals surface area contributed by atoms with E-state index < -0.39 is 6.04 Å². The van der Waals surface area contributed by atoms with Gasteiger partial charge in [0.05, 0.1) is 0 Å². The number of urea groups is 1. The summed E-state index contributed by atoms with van der Waals surface area (Å²) >= 11 is 0. The maximum Gasteiger partial charge on any atom is 0.318 e. The van der Waals surface area contributed by atoms with Crippen LogP contribution in [-0.4, -0.2) is 47.4 Å². The highest BCUT2D eigenvalue weighted by Gasteiger charge is 2.34. The Morgan fingerprint density at radius 1 is 1.17 bits per heavy atom. The van der Waals surface area contributed by atoms with Gasteiger partial charge in [-0.2, -0.15) is 0 Å². The van der Waals surface area contributed by atoms with Crippen LogP contribution in [0.1, 0.15) is 45.1 Å². The van der Waals surface area contributed by atoms with Gasteiger partial charge in [-0.1, -0.05) is 56.5 Å². The zero-order valence-corrected chi connectivity index (χ0v) is 14.8. The van der Waals surface area contributed by atoms with Gasteiger partial charge in [0.25, 0.3) is 0 Å². The van der Waals surface area contributed by atoms with Crippen molar-refractivity contribution in [1.29, 1.82) is 0 Å². The van der Waals surface area contributed by atoms with Gasteiger partial charge < -0.3 is 15.1 Å². The molecule has 0 aliphatic carbocycles. The summed E-state index contributed by atoms with van der Waals surface area (Å²) in [7, 11) is 0. The predicted molar refractivity (Wildman–Crippen MR) is 95.6 cm³/mol. The molecule has 1 atom stereocenters. The Labute approximate surface area is 145 Å². The summed E-state index contributed by atoms with van der Waals surface area (Å²) in [6, 6.07) is 9.44. The standard InChI is InChI=1S/C19H29N3O2/c1-3-4-5-9-12-20-19(24)22-14-13-21(18(23)16(22)2)15-17-10-7-6-8-11-17/h6-8,10-11,16H,3-5,9,12-15H2,1-2H3,(H,20,24)/t16-/m1/s1. The molecule has 0 aromatic heterocycles. The van der Waals surface area contributed by atoms with Crippen molar-refractivity contribution in [3.63, 3.8) is 0 Å². The molecule has 3 amide bonds. The molecule has 0 spiro atoms. The van der Waals surface area contributed by atoms with Crippen LogP contribution >= 0.6 is 0 Å². The third-order valence-corrected chi connectivity index (χ3v) is 4.53. The molecular formula is C19H29N3O2. The molecule has 0 unspecified atom stereocenters. The number of piperazine rings is 1. The van der Waals surface area contributed by atoms with Gasteiger partial charge in [0.2, 0.25) is 5.91 Å². The van der Waals surface area contributed by atoms with Crippen LogP contribution in [0.5, 0.6) is 0 Å². The molecule has 0 saturated carbocycles. The van der Waals surface area contributed by atoms with Crippen LogP contribution in [0, 0.1) is 0 Å². The number of hydrogen-bond donors (Lipinski definition) is 1. The maximum absolute atomic E-state index is 12.6. The lowest BCUT2D eigenvalue weighted by Crippen LogP contribution is -2.59. The topological polar surface area (TPSA) is 52.7 Å². The number of rotatable bonds is 7. The lowest BCUT2D eigenvalue weighted by molar-refractivity contribution is -0.139. The van der Waals surface area contributed by atoms with E-state index in [9.17, 15) is 9.59 Å². The minimum absolute atomic E-state index is 0.0197. The molecule has 1 fully saturated rings. The van der Waals surface area contributed by atoms with Crippen molar-refractivity contribution in [3.05, 3.63) is 35.9 Å². The first-order chi connectivity index (χ1) is 11.6. The van der Waals surface area contributed by atoms with Crippen molar-refractivity contribution in [2.75, 3.05) is 19.6 Å². The van der Waals surface area contributed by atoms with E-state index in [1.54, 1.807) is 4.90 Å². The summed E-state index contributed by atoms with van der Waals surface area (Å²) in [6.07, 6.45) is 4.51. The van der Waals surface area contributed by atoms with E-state index in [0.29, 0.717) is 26.2 Å². The summed E-state index contributed by atoms with van der Waals surface area (Å²) < 4.78 is 0. The van der Waals surface area contributed by atoms with Gasteiger partial charge in [-0.15, -0.1) is 0 Å². The molecule has 1 heterocycles. The van der Waals surface area contributed by atoms with Crippen molar-refractivity contribution in [2.45, 2.75) is 52.1 Å². The molecule has 132 valence electrons. The first-order valence-electron chi connectivity index (χ1n) is 9.00. The molecule has 0 radical (unpaired) electrons. The van der Waals surface area contributed by atoms with E-state index in [-0.39, 0.29) is 11.9 Å². The van der Waals surface area contributed by atoms with Crippen molar-refractivity contribution in [2.24, 2.45) is 0 Å². The molecule has 5 heteroatoms. The third-order valence-electron chi connectivity index (χ3n) is 4.53. The molecular weight excluding hydrogens is 302 g/mol. The molecule has 0 bridgehead atoms. The van der Waals surface area contributed by atoms with Crippen LogP contribution in [0.25, 0.3) is 0 Å². The van der Waals surface area contributed by atoms with Crippen LogP contribution in [0.2, 0.25) is 0 Å². The van der Waals surface area contributed by atoms with E-state index in [2.05, 4.69) is 12.2 Å².